The molecule has 0 spiro atoms. The molecule has 1 N–H and O–H groups in total. The van der Waals surface area contributed by atoms with E-state index in [1.54, 1.807) is 0 Å². The van der Waals surface area contributed by atoms with Gasteiger partial charge in [-0.2, -0.15) is 0 Å². The van der Waals surface area contributed by atoms with Crippen molar-refractivity contribution in [3.63, 3.8) is 0 Å². The second-order valence-corrected chi connectivity index (χ2v) is 6.46. The van der Waals surface area contributed by atoms with Crippen molar-refractivity contribution in [2.24, 2.45) is 17.8 Å². The van der Waals surface area contributed by atoms with Crippen LogP contribution in [-0.2, 0) is 0 Å². The Hall–Kier alpha value is -0.820. The quantitative estimate of drug-likeness (QED) is 0.801. The molecule has 1 fully saturated rings. The Kier molecular flexibility index (Phi) is 5.45. The Morgan fingerprint density at radius 2 is 1.84 bits per heavy atom. The molecule has 0 amide bonds. The fourth-order valence-corrected chi connectivity index (χ4v) is 3.49. The van der Waals surface area contributed by atoms with Crippen molar-refractivity contribution < 1.29 is 0 Å². The summed E-state index contributed by atoms with van der Waals surface area (Å²) in [7, 11) is 2.09. The summed E-state index contributed by atoms with van der Waals surface area (Å²) in [5, 5.41) is 3.48. The van der Waals surface area contributed by atoms with E-state index < -0.39 is 0 Å². The molecule has 1 nitrogen and oxygen atoms in total. The van der Waals surface area contributed by atoms with Crippen LogP contribution in [-0.4, -0.2) is 7.05 Å². The molecule has 1 saturated carbocycles. The van der Waals surface area contributed by atoms with Gasteiger partial charge in [-0.25, -0.2) is 0 Å². The molecular formula is C18H29N. The largest absolute Gasteiger partial charge is 0.313 e. The van der Waals surface area contributed by atoms with E-state index in [4.69, 9.17) is 0 Å². The first-order valence-corrected chi connectivity index (χ1v) is 7.93. The molecule has 4 unspecified atom stereocenters. The van der Waals surface area contributed by atoms with E-state index in [0.29, 0.717) is 6.04 Å². The highest BCUT2D eigenvalue weighted by molar-refractivity contribution is 5.18. The van der Waals surface area contributed by atoms with E-state index in [-0.39, 0.29) is 0 Å². The fourth-order valence-electron chi connectivity index (χ4n) is 3.49. The molecule has 106 valence electrons. The van der Waals surface area contributed by atoms with Crippen LogP contribution in [0.3, 0.4) is 0 Å². The summed E-state index contributed by atoms with van der Waals surface area (Å²) in [6.45, 7) is 4.85. The summed E-state index contributed by atoms with van der Waals surface area (Å²) in [4.78, 5) is 0. The van der Waals surface area contributed by atoms with Crippen LogP contribution < -0.4 is 5.32 Å². The Morgan fingerprint density at radius 3 is 2.47 bits per heavy atom. The maximum atomic E-state index is 3.48. The third-order valence-electron chi connectivity index (χ3n) is 5.12. The minimum atomic E-state index is 0.524. The van der Waals surface area contributed by atoms with E-state index in [9.17, 15) is 0 Å². The zero-order valence-electron chi connectivity index (χ0n) is 12.7. The van der Waals surface area contributed by atoms with Gasteiger partial charge in [0.25, 0.3) is 0 Å². The van der Waals surface area contributed by atoms with Crippen molar-refractivity contribution in [3.05, 3.63) is 35.9 Å². The first kappa shape index (κ1) is 14.6. The van der Waals surface area contributed by atoms with Gasteiger partial charge in [0.2, 0.25) is 0 Å². The van der Waals surface area contributed by atoms with Crippen LogP contribution in [0.4, 0.5) is 0 Å². The summed E-state index contributed by atoms with van der Waals surface area (Å²) in [5.74, 6) is 2.81. The third kappa shape index (κ3) is 4.07. The van der Waals surface area contributed by atoms with Crippen LogP contribution in [0.2, 0.25) is 0 Å². The van der Waals surface area contributed by atoms with Gasteiger partial charge in [0, 0.05) is 6.04 Å². The smallest absolute Gasteiger partial charge is 0.0317 e. The molecule has 0 aromatic heterocycles. The molecule has 19 heavy (non-hydrogen) atoms. The molecule has 1 aliphatic rings. The van der Waals surface area contributed by atoms with Crippen molar-refractivity contribution in [1.82, 2.24) is 5.32 Å². The van der Waals surface area contributed by atoms with Crippen molar-refractivity contribution in [1.29, 1.82) is 0 Å². The summed E-state index contributed by atoms with van der Waals surface area (Å²) < 4.78 is 0. The van der Waals surface area contributed by atoms with Gasteiger partial charge >= 0.3 is 0 Å². The molecule has 0 bridgehead atoms. The zero-order chi connectivity index (χ0) is 13.7. The lowest BCUT2D eigenvalue weighted by atomic mass is 9.74. The maximum absolute atomic E-state index is 3.48. The standard InChI is InChI=1S/C18H29N/c1-14-9-10-16(13-15(14)2)11-12-18(19-3)17-7-5-4-6-8-17/h4-8,14-16,18-19H,9-13H2,1-3H3. The Balaban J connectivity index is 1.84. The Bertz CT molecular complexity index is 359. The van der Waals surface area contributed by atoms with Crippen molar-refractivity contribution in [3.8, 4) is 0 Å². The van der Waals surface area contributed by atoms with Crippen molar-refractivity contribution >= 4 is 0 Å². The lowest BCUT2D eigenvalue weighted by molar-refractivity contribution is 0.194. The highest BCUT2D eigenvalue weighted by atomic mass is 14.9. The average Bonchev–Trinajstić information content (AvgIpc) is 2.44. The van der Waals surface area contributed by atoms with E-state index in [1.165, 1.54) is 37.7 Å². The monoisotopic (exact) mass is 259 g/mol. The number of nitrogens with one attached hydrogen (secondary N) is 1. The van der Waals surface area contributed by atoms with E-state index in [1.807, 2.05) is 0 Å². The van der Waals surface area contributed by atoms with Gasteiger partial charge in [-0.1, -0.05) is 57.0 Å². The van der Waals surface area contributed by atoms with Gasteiger partial charge in [-0.05, 0) is 49.6 Å². The minimum Gasteiger partial charge on any atom is -0.313 e. The first-order valence-electron chi connectivity index (χ1n) is 7.93. The lowest BCUT2D eigenvalue weighted by Crippen LogP contribution is -2.23. The third-order valence-corrected chi connectivity index (χ3v) is 5.12. The van der Waals surface area contributed by atoms with Gasteiger partial charge in [0.1, 0.15) is 0 Å². The minimum absolute atomic E-state index is 0.524. The molecule has 1 aromatic rings. The molecule has 1 aliphatic carbocycles. The van der Waals surface area contributed by atoms with Crippen LogP contribution in [0.1, 0.15) is 57.6 Å². The molecule has 0 saturated heterocycles. The molecule has 4 atom stereocenters. The SMILES string of the molecule is CNC(CCC1CCC(C)C(C)C1)c1ccccc1. The maximum Gasteiger partial charge on any atom is 0.0317 e. The Labute approximate surface area is 118 Å². The topological polar surface area (TPSA) is 12.0 Å². The number of rotatable bonds is 5. The van der Waals surface area contributed by atoms with Crippen molar-refractivity contribution in [2.75, 3.05) is 7.05 Å². The van der Waals surface area contributed by atoms with Crippen LogP contribution in [0.5, 0.6) is 0 Å². The number of benzene rings is 1. The molecule has 0 radical (unpaired) electrons. The predicted molar refractivity (Wildman–Crippen MR) is 83.1 cm³/mol. The molecule has 2 rings (SSSR count). The predicted octanol–water partition coefficient (Wildman–Crippen LogP) is 4.80. The van der Waals surface area contributed by atoms with Gasteiger partial charge in [0.05, 0.1) is 0 Å². The van der Waals surface area contributed by atoms with Gasteiger partial charge in [-0.3, -0.25) is 0 Å². The number of hydrogen-bond acceptors (Lipinski definition) is 1. The van der Waals surface area contributed by atoms with E-state index in [0.717, 1.165) is 17.8 Å². The van der Waals surface area contributed by atoms with E-state index >= 15 is 0 Å². The lowest BCUT2D eigenvalue weighted by Gasteiger charge is -2.32. The van der Waals surface area contributed by atoms with Crippen molar-refractivity contribution in [2.45, 2.75) is 52.0 Å². The van der Waals surface area contributed by atoms with Crippen LogP contribution in [0.15, 0.2) is 30.3 Å². The van der Waals surface area contributed by atoms with Crippen LogP contribution in [0, 0.1) is 17.8 Å². The van der Waals surface area contributed by atoms with Gasteiger partial charge in [-0.15, -0.1) is 0 Å². The average molecular weight is 259 g/mol. The first-order chi connectivity index (χ1) is 9.20. The second kappa shape index (κ2) is 7.09. The second-order valence-electron chi connectivity index (χ2n) is 6.46. The fraction of sp³-hybridized carbons (Fsp3) is 0.667. The number of hydrogen-bond donors (Lipinski definition) is 1. The van der Waals surface area contributed by atoms with Crippen LogP contribution >= 0.6 is 0 Å². The highest BCUT2D eigenvalue weighted by Crippen LogP contribution is 2.36. The zero-order valence-corrected chi connectivity index (χ0v) is 12.7. The Morgan fingerprint density at radius 1 is 1.11 bits per heavy atom. The van der Waals surface area contributed by atoms with E-state index in [2.05, 4.69) is 56.5 Å². The van der Waals surface area contributed by atoms with Gasteiger partial charge < -0.3 is 5.32 Å². The molecule has 0 aliphatic heterocycles. The highest BCUT2D eigenvalue weighted by Gasteiger charge is 2.24. The summed E-state index contributed by atoms with van der Waals surface area (Å²) in [6, 6.07) is 11.4. The molecule has 1 heteroatoms. The van der Waals surface area contributed by atoms with Crippen LogP contribution in [0.25, 0.3) is 0 Å². The molecule has 0 heterocycles. The normalized spacial score (nSPS) is 29.1. The van der Waals surface area contributed by atoms with Gasteiger partial charge in [0.15, 0.2) is 0 Å². The summed E-state index contributed by atoms with van der Waals surface area (Å²) >= 11 is 0. The summed E-state index contributed by atoms with van der Waals surface area (Å²) in [6.07, 6.45) is 6.95. The molecular weight excluding hydrogens is 230 g/mol. The summed E-state index contributed by atoms with van der Waals surface area (Å²) in [5.41, 5.74) is 1.43. The molecule has 1 aromatic carbocycles.